The van der Waals surface area contributed by atoms with Crippen LogP contribution in [0.4, 0.5) is 14.9 Å². The number of aryl methyl sites for hydroxylation is 1. The number of nitrogens with one attached hydrogen (secondary N) is 1. The highest BCUT2D eigenvalue weighted by Crippen LogP contribution is 2.39. The van der Waals surface area contributed by atoms with E-state index in [4.69, 9.17) is 9.26 Å². The maximum atomic E-state index is 13.3. The molecule has 0 saturated carbocycles. The van der Waals surface area contributed by atoms with Crippen molar-refractivity contribution in [2.75, 3.05) is 18.0 Å². The summed E-state index contributed by atoms with van der Waals surface area (Å²) in [7, 11) is 0. The van der Waals surface area contributed by atoms with Crippen molar-refractivity contribution in [3.05, 3.63) is 59.4 Å². The molecule has 1 unspecified atom stereocenters. The maximum Gasteiger partial charge on any atom is 0.414 e. The highest BCUT2D eigenvalue weighted by atomic mass is 19.1. The summed E-state index contributed by atoms with van der Waals surface area (Å²) in [6.07, 6.45) is 1.71. The third-order valence-electron chi connectivity index (χ3n) is 5.88. The standard InChI is InChI=1S/C24H22FN3O4/c1-14(29)26-12-19-13-28(24(30)31-19)18-9-10-20-16(11-18)3-2-4-21-22(27-32-23(20)21)15-5-7-17(25)8-6-15/h5-11,19H,2-4,12-13H2,1H3,(H,26,29). The minimum Gasteiger partial charge on any atom is -0.442 e. The second-order valence-corrected chi connectivity index (χ2v) is 8.09. The smallest absolute Gasteiger partial charge is 0.414 e. The fourth-order valence-electron chi connectivity index (χ4n) is 4.32. The number of carbonyl (C=O) groups is 2. The van der Waals surface area contributed by atoms with E-state index in [2.05, 4.69) is 10.5 Å². The number of fused-ring (bicyclic) bond motifs is 3. The molecular weight excluding hydrogens is 413 g/mol. The molecule has 1 atom stereocenters. The average Bonchev–Trinajstić information content (AvgIpc) is 3.31. The van der Waals surface area contributed by atoms with Gasteiger partial charge >= 0.3 is 6.09 Å². The highest BCUT2D eigenvalue weighted by molar-refractivity contribution is 5.90. The van der Waals surface area contributed by atoms with Gasteiger partial charge in [-0.05, 0) is 67.3 Å². The first-order chi connectivity index (χ1) is 15.5. The van der Waals surface area contributed by atoms with Crippen molar-refractivity contribution in [2.45, 2.75) is 32.3 Å². The van der Waals surface area contributed by atoms with Crippen molar-refractivity contribution in [3.8, 4) is 22.6 Å². The first-order valence-electron chi connectivity index (χ1n) is 10.6. The van der Waals surface area contributed by atoms with Crippen LogP contribution in [0.5, 0.6) is 0 Å². The molecule has 8 heteroatoms. The Balaban J connectivity index is 1.43. The lowest BCUT2D eigenvalue weighted by Crippen LogP contribution is -2.33. The van der Waals surface area contributed by atoms with E-state index in [1.165, 1.54) is 19.1 Å². The Morgan fingerprint density at radius 2 is 2.03 bits per heavy atom. The molecule has 5 rings (SSSR count). The number of aromatic nitrogens is 1. The SMILES string of the molecule is CC(=O)NCC1CN(c2ccc3c(c2)CCCc2c(-c4ccc(F)cc4)noc2-3)C(=O)O1. The third kappa shape index (κ3) is 3.72. The third-order valence-corrected chi connectivity index (χ3v) is 5.88. The molecule has 2 aromatic carbocycles. The molecule has 1 aliphatic heterocycles. The van der Waals surface area contributed by atoms with E-state index in [1.807, 2.05) is 18.2 Å². The number of rotatable bonds is 4. The summed E-state index contributed by atoms with van der Waals surface area (Å²) in [6, 6.07) is 12.1. The molecule has 1 N–H and O–H groups in total. The Labute approximate surface area is 184 Å². The Morgan fingerprint density at radius 3 is 2.81 bits per heavy atom. The number of anilines is 1. The number of nitrogens with zero attached hydrogens (tertiary/aromatic N) is 2. The first kappa shape index (κ1) is 20.2. The number of benzene rings is 2. The van der Waals surface area contributed by atoms with Gasteiger partial charge in [0.15, 0.2) is 5.76 Å². The van der Waals surface area contributed by atoms with Gasteiger partial charge in [0.2, 0.25) is 5.91 Å². The van der Waals surface area contributed by atoms with E-state index in [0.29, 0.717) is 6.54 Å². The zero-order valence-electron chi connectivity index (χ0n) is 17.6. The van der Waals surface area contributed by atoms with E-state index in [0.717, 1.165) is 58.7 Å². The van der Waals surface area contributed by atoms with Gasteiger partial charge in [0.1, 0.15) is 17.6 Å². The monoisotopic (exact) mass is 435 g/mol. The second kappa shape index (κ2) is 8.11. The van der Waals surface area contributed by atoms with Gasteiger partial charge < -0.3 is 14.6 Å². The van der Waals surface area contributed by atoms with Crippen LogP contribution in [0.3, 0.4) is 0 Å². The first-order valence-corrected chi connectivity index (χ1v) is 10.6. The molecule has 2 heterocycles. The second-order valence-electron chi connectivity index (χ2n) is 8.09. The highest BCUT2D eigenvalue weighted by Gasteiger charge is 2.33. The molecule has 1 aromatic heterocycles. The summed E-state index contributed by atoms with van der Waals surface area (Å²) in [5, 5.41) is 6.96. The number of hydrogen-bond donors (Lipinski definition) is 1. The zero-order valence-corrected chi connectivity index (χ0v) is 17.6. The predicted molar refractivity (Wildman–Crippen MR) is 116 cm³/mol. The molecule has 164 valence electrons. The van der Waals surface area contributed by atoms with Gasteiger partial charge in [0, 0.05) is 29.3 Å². The van der Waals surface area contributed by atoms with Crippen LogP contribution in [0.25, 0.3) is 22.6 Å². The normalized spacial score (nSPS) is 17.4. The van der Waals surface area contributed by atoms with Gasteiger partial charge in [0.25, 0.3) is 0 Å². The topological polar surface area (TPSA) is 84.7 Å². The van der Waals surface area contributed by atoms with Crippen LogP contribution in [0.1, 0.15) is 24.5 Å². The minimum absolute atomic E-state index is 0.160. The van der Waals surface area contributed by atoms with Gasteiger partial charge in [-0.2, -0.15) is 0 Å². The van der Waals surface area contributed by atoms with Gasteiger partial charge in [-0.3, -0.25) is 9.69 Å². The lowest BCUT2D eigenvalue weighted by Gasteiger charge is -2.15. The number of halogens is 1. The number of hydrogen-bond acceptors (Lipinski definition) is 5. The summed E-state index contributed by atoms with van der Waals surface area (Å²) in [4.78, 5) is 25.1. The van der Waals surface area contributed by atoms with Crippen molar-refractivity contribution >= 4 is 17.7 Å². The number of cyclic esters (lactones) is 1. The molecule has 2 amide bonds. The molecular formula is C24H22FN3O4. The summed E-state index contributed by atoms with van der Waals surface area (Å²) >= 11 is 0. The van der Waals surface area contributed by atoms with E-state index >= 15 is 0 Å². The fourth-order valence-corrected chi connectivity index (χ4v) is 4.32. The van der Waals surface area contributed by atoms with E-state index in [-0.39, 0.29) is 24.4 Å². The minimum atomic E-state index is -0.423. The largest absolute Gasteiger partial charge is 0.442 e. The predicted octanol–water partition coefficient (Wildman–Crippen LogP) is 4.10. The molecule has 2 aliphatic rings. The Kier molecular flexibility index (Phi) is 5.13. The number of carbonyl (C=O) groups excluding carboxylic acids is 2. The van der Waals surface area contributed by atoms with Crippen molar-refractivity contribution in [2.24, 2.45) is 0 Å². The molecule has 0 bridgehead atoms. The van der Waals surface area contributed by atoms with E-state index < -0.39 is 6.09 Å². The quantitative estimate of drug-likeness (QED) is 0.667. The summed E-state index contributed by atoms with van der Waals surface area (Å²) in [6.45, 7) is 2.09. The van der Waals surface area contributed by atoms with Gasteiger partial charge in [-0.25, -0.2) is 9.18 Å². The maximum absolute atomic E-state index is 13.3. The molecule has 1 aliphatic carbocycles. The molecule has 0 radical (unpaired) electrons. The Hall–Kier alpha value is -3.68. The molecule has 0 spiro atoms. The van der Waals surface area contributed by atoms with E-state index in [1.54, 1.807) is 17.0 Å². The van der Waals surface area contributed by atoms with Crippen LogP contribution in [0.15, 0.2) is 47.0 Å². The van der Waals surface area contributed by atoms with Crippen molar-refractivity contribution < 1.29 is 23.2 Å². The van der Waals surface area contributed by atoms with Crippen LogP contribution in [0, 0.1) is 5.82 Å². The number of amides is 2. The van der Waals surface area contributed by atoms with Gasteiger partial charge in [-0.1, -0.05) is 5.16 Å². The summed E-state index contributed by atoms with van der Waals surface area (Å²) in [5.41, 5.74) is 5.34. The van der Waals surface area contributed by atoms with Crippen molar-refractivity contribution in [1.82, 2.24) is 10.5 Å². The molecule has 1 fully saturated rings. The molecule has 32 heavy (non-hydrogen) atoms. The Morgan fingerprint density at radius 1 is 1.22 bits per heavy atom. The van der Waals surface area contributed by atoms with Gasteiger partial charge in [-0.15, -0.1) is 0 Å². The van der Waals surface area contributed by atoms with Crippen LogP contribution in [0.2, 0.25) is 0 Å². The molecule has 7 nitrogen and oxygen atoms in total. The Bertz CT molecular complexity index is 1190. The van der Waals surface area contributed by atoms with Gasteiger partial charge in [0.05, 0.1) is 13.1 Å². The van der Waals surface area contributed by atoms with Crippen LogP contribution >= 0.6 is 0 Å². The van der Waals surface area contributed by atoms with Crippen LogP contribution < -0.4 is 10.2 Å². The van der Waals surface area contributed by atoms with Crippen molar-refractivity contribution in [3.63, 3.8) is 0 Å². The lowest BCUT2D eigenvalue weighted by atomic mass is 10.00. The average molecular weight is 435 g/mol. The molecule has 1 saturated heterocycles. The van der Waals surface area contributed by atoms with Crippen molar-refractivity contribution in [1.29, 1.82) is 0 Å². The fraction of sp³-hybridized carbons (Fsp3) is 0.292. The van der Waals surface area contributed by atoms with Crippen LogP contribution in [-0.4, -0.2) is 36.4 Å². The zero-order chi connectivity index (χ0) is 22.2. The summed E-state index contributed by atoms with van der Waals surface area (Å²) in [5.74, 6) is 0.268. The van der Waals surface area contributed by atoms with Crippen LogP contribution in [-0.2, 0) is 22.4 Å². The number of ether oxygens (including phenoxy) is 1. The summed E-state index contributed by atoms with van der Waals surface area (Å²) < 4.78 is 24.5. The van der Waals surface area contributed by atoms with E-state index in [9.17, 15) is 14.0 Å². The molecule has 3 aromatic rings. The lowest BCUT2D eigenvalue weighted by molar-refractivity contribution is -0.119.